The third kappa shape index (κ3) is 4.91. The molecule has 0 fully saturated rings. The summed E-state index contributed by atoms with van der Waals surface area (Å²) in [6, 6.07) is 13.1. The maximum Gasteiger partial charge on any atom is 0.254 e. The molecule has 1 N–H and O–H groups in total. The number of aromatic nitrogens is 1. The van der Waals surface area contributed by atoms with Gasteiger partial charge in [-0.05, 0) is 55.0 Å². The summed E-state index contributed by atoms with van der Waals surface area (Å²) in [5.41, 5.74) is 2.25. The average Bonchev–Trinajstić information content (AvgIpc) is 2.76. The van der Waals surface area contributed by atoms with Crippen LogP contribution in [0.5, 0.6) is 0 Å². The van der Waals surface area contributed by atoms with Gasteiger partial charge in [0.1, 0.15) is 11.6 Å². The number of hydrogen-bond donors (Lipinski definition) is 1. The Kier molecular flexibility index (Phi) is 6.50. The number of halogens is 2. The van der Waals surface area contributed by atoms with Crippen LogP contribution in [0.1, 0.15) is 36.2 Å². The molecule has 1 aliphatic heterocycles. The fourth-order valence-corrected chi connectivity index (χ4v) is 5.46. The van der Waals surface area contributed by atoms with Gasteiger partial charge in [-0.2, -0.15) is 0 Å². The van der Waals surface area contributed by atoms with E-state index in [4.69, 9.17) is 0 Å². The van der Waals surface area contributed by atoms with E-state index in [2.05, 4.69) is 4.72 Å². The van der Waals surface area contributed by atoms with Crippen molar-refractivity contribution in [2.45, 2.75) is 44.7 Å². The number of sulfonamides is 1. The van der Waals surface area contributed by atoms with Crippen molar-refractivity contribution in [3.05, 3.63) is 93.4 Å². The van der Waals surface area contributed by atoms with Gasteiger partial charge in [0.25, 0.3) is 5.56 Å². The Labute approximate surface area is 192 Å². The van der Waals surface area contributed by atoms with E-state index < -0.39 is 33.7 Å². The number of hydrogen-bond acceptors (Lipinski definition) is 3. The molecule has 2 heterocycles. The minimum atomic E-state index is -3.55. The van der Waals surface area contributed by atoms with E-state index in [0.717, 1.165) is 11.9 Å². The molecule has 0 saturated heterocycles. The van der Waals surface area contributed by atoms with Gasteiger partial charge in [0.2, 0.25) is 10.0 Å². The molecule has 0 spiro atoms. The molecule has 2 atom stereocenters. The summed E-state index contributed by atoms with van der Waals surface area (Å²) in [6.45, 7) is 1.88. The second-order valence-electron chi connectivity index (χ2n) is 8.47. The maximum absolute atomic E-state index is 15.6. The lowest BCUT2D eigenvalue weighted by Crippen LogP contribution is -2.48. The lowest BCUT2D eigenvalue weighted by atomic mass is 9.89. The summed E-state index contributed by atoms with van der Waals surface area (Å²) in [6.07, 6.45) is 2.76. The van der Waals surface area contributed by atoms with Crippen LogP contribution in [0.25, 0.3) is 11.1 Å². The van der Waals surface area contributed by atoms with E-state index in [1.165, 1.54) is 18.2 Å². The first kappa shape index (κ1) is 23.3. The molecule has 8 heteroatoms. The summed E-state index contributed by atoms with van der Waals surface area (Å²) in [4.78, 5) is 13.2. The van der Waals surface area contributed by atoms with Gasteiger partial charge in [-0.1, -0.05) is 43.3 Å². The predicted octanol–water partition coefficient (Wildman–Crippen LogP) is 4.00. The summed E-state index contributed by atoms with van der Waals surface area (Å²) >= 11 is 0. The molecule has 1 aromatic heterocycles. The van der Waals surface area contributed by atoms with Crippen LogP contribution in [0.3, 0.4) is 0 Å². The van der Waals surface area contributed by atoms with Crippen molar-refractivity contribution in [2.75, 3.05) is 6.26 Å². The van der Waals surface area contributed by atoms with Crippen LogP contribution in [-0.4, -0.2) is 25.3 Å². The monoisotopic (exact) mass is 472 g/mol. The minimum absolute atomic E-state index is 0.113. The molecule has 3 aromatic rings. The summed E-state index contributed by atoms with van der Waals surface area (Å²) in [5.74, 6) is -0.970. The number of pyridine rings is 1. The number of nitrogens with zero attached hydrogens (tertiary/aromatic N) is 1. The lowest BCUT2D eigenvalue weighted by molar-refractivity contribution is 0.312. The zero-order chi connectivity index (χ0) is 23.8. The highest BCUT2D eigenvalue weighted by molar-refractivity contribution is 7.88. The van der Waals surface area contributed by atoms with Crippen LogP contribution in [0.15, 0.2) is 59.4 Å². The van der Waals surface area contributed by atoms with Crippen LogP contribution in [0, 0.1) is 11.6 Å². The van der Waals surface area contributed by atoms with Gasteiger partial charge in [0, 0.05) is 22.9 Å². The highest BCUT2D eigenvalue weighted by Crippen LogP contribution is 2.31. The molecule has 174 valence electrons. The fourth-order valence-electron chi connectivity index (χ4n) is 4.63. The van der Waals surface area contributed by atoms with Gasteiger partial charge in [0.15, 0.2) is 0 Å². The van der Waals surface area contributed by atoms with Gasteiger partial charge >= 0.3 is 0 Å². The molecule has 0 bridgehead atoms. The van der Waals surface area contributed by atoms with Crippen LogP contribution in [0.2, 0.25) is 0 Å². The van der Waals surface area contributed by atoms with E-state index >= 15 is 4.39 Å². The highest BCUT2D eigenvalue weighted by atomic mass is 32.2. The third-order valence-electron chi connectivity index (χ3n) is 6.18. The molecule has 0 saturated carbocycles. The van der Waals surface area contributed by atoms with Crippen LogP contribution >= 0.6 is 0 Å². The molecule has 4 rings (SSSR count). The molecule has 0 aliphatic carbocycles. The van der Waals surface area contributed by atoms with Crippen LogP contribution < -0.4 is 10.3 Å². The molecule has 2 unspecified atom stereocenters. The summed E-state index contributed by atoms with van der Waals surface area (Å²) in [7, 11) is -3.55. The van der Waals surface area contributed by atoms with Crippen LogP contribution in [0.4, 0.5) is 8.78 Å². The minimum Gasteiger partial charge on any atom is -0.307 e. The van der Waals surface area contributed by atoms with Gasteiger partial charge in [-0.25, -0.2) is 21.9 Å². The second-order valence-corrected chi connectivity index (χ2v) is 10.3. The molecule has 5 nitrogen and oxygen atoms in total. The van der Waals surface area contributed by atoms with Crippen molar-refractivity contribution in [2.24, 2.45) is 0 Å². The van der Waals surface area contributed by atoms with Crippen molar-refractivity contribution < 1.29 is 17.2 Å². The first-order valence-corrected chi connectivity index (χ1v) is 12.8. The zero-order valence-electron chi connectivity index (χ0n) is 18.5. The first-order chi connectivity index (χ1) is 15.7. The fraction of sp³-hybridized carbons (Fsp3) is 0.320. The summed E-state index contributed by atoms with van der Waals surface area (Å²) < 4.78 is 57.7. The maximum atomic E-state index is 15.6. The van der Waals surface area contributed by atoms with Crippen molar-refractivity contribution in [3.8, 4) is 11.1 Å². The first-order valence-electron chi connectivity index (χ1n) is 10.9. The van der Waals surface area contributed by atoms with E-state index in [-0.39, 0.29) is 17.5 Å². The molecule has 0 radical (unpaired) electrons. The van der Waals surface area contributed by atoms with Gasteiger partial charge < -0.3 is 4.57 Å². The molecular weight excluding hydrogens is 446 g/mol. The quantitative estimate of drug-likeness (QED) is 0.590. The number of nitrogens with one attached hydrogen (secondary N) is 1. The van der Waals surface area contributed by atoms with E-state index in [9.17, 15) is 17.6 Å². The summed E-state index contributed by atoms with van der Waals surface area (Å²) in [5, 5.41) is 0. The van der Waals surface area contributed by atoms with Crippen molar-refractivity contribution in [3.63, 3.8) is 0 Å². The van der Waals surface area contributed by atoms with E-state index in [1.54, 1.807) is 34.9 Å². The van der Waals surface area contributed by atoms with E-state index in [0.29, 0.717) is 36.0 Å². The van der Waals surface area contributed by atoms with Crippen LogP contribution in [-0.2, 0) is 29.3 Å². The van der Waals surface area contributed by atoms with Crippen molar-refractivity contribution in [1.29, 1.82) is 0 Å². The Bertz CT molecular complexity index is 1350. The molecule has 1 aliphatic rings. The Hall–Kier alpha value is -2.84. The van der Waals surface area contributed by atoms with E-state index in [1.807, 2.05) is 13.0 Å². The molecule has 2 aromatic carbocycles. The Balaban J connectivity index is 1.81. The van der Waals surface area contributed by atoms with Crippen molar-refractivity contribution in [1.82, 2.24) is 9.29 Å². The Morgan fingerprint density at radius 3 is 2.52 bits per heavy atom. The van der Waals surface area contributed by atoms with Gasteiger partial charge in [0.05, 0.1) is 12.3 Å². The Morgan fingerprint density at radius 2 is 1.82 bits per heavy atom. The molecule has 0 amide bonds. The third-order valence-corrected chi connectivity index (χ3v) is 6.91. The second kappa shape index (κ2) is 9.19. The number of aryl methyl sites for hydroxylation is 2. The number of benzene rings is 2. The molecular formula is C25H26F2N2O3S. The largest absolute Gasteiger partial charge is 0.307 e. The number of rotatable bonds is 6. The van der Waals surface area contributed by atoms with Gasteiger partial charge in [-0.15, -0.1) is 0 Å². The topological polar surface area (TPSA) is 68.2 Å². The zero-order valence-corrected chi connectivity index (χ0v) is 19.3. The lowest BCUT2D eigenvalue weighted by Gasteiger charge is -2.36. The smallest absolute Gasteiger partial charge is 0.254 e. The average molecular weight is 473 g/mol. The van der Waals surface area contributed by atoms with Crippen molar-refractivity contribution >= 4 is 10.0 Å². The standard InChI is InChI=1S/C25H26F2N2O3S/c1-3-16-10-11-20-12-13-22(28-33(2,31)32)23(29(20)25(16)30)15-18-7-5-9-21(24(18)27)17-6-4-8-19(26)14-17/h4-11,14,22-23,28H,3,12-13,15H2,1-2H3. The Morgan fingerprint density at radius 1 is 1.06 bits per heavy atom. The predicted molar refractivity (Wildman–Crippen MR) is 125 cm³/mol. The molecule has 33 heavy (non-hydrogen) atoms. The normalized spacial score (nSPS) is 18.2. The van der Waals surface area contributed by atoms with Gasteiger partial charge in [-0.3, -0.25) is 4.79 Å². The number of fused-ring (bicyclic) bond motifs is 1. The SMILES string of the molecule is CCc1ccc2n(c1=O)C(Cc1cccc(-c3cccc(F)c3)c1F)C(NS(C)(=O)=O)CC2. The highest BCUT2D eigenvalue weighted by Gasteiger charge is 2.33.